The van der Waals surface area contributed by atoms with Crippen molar-refractivity contribution in [1.82, 2.24) is 9.78 Å². The first-order valence-electron chi connectivity index (χ1n) is 4.31. The molecule has 2 aromatic rings. The number of hydrogen-bond donors (Lipinski definition) is 1. The van der Waals surface area contributed by atoms with Gasteiger partial charge in [0, 0.05) is 6.20 Å². The lowest BCUT2D eigenvalue weighted by atomic mass is 10.2. The van der Waals surface area contributed by atoms with Crippen LogP contribution in [0.25, 0.3) is 5.69 Å². The van der Waals surface area contributed by atoms with Gasteiger partial charge in [-0.25, -0.2) is 9.48 Å². The van der Waals surface area contributed by atoms with Crippen LogP contribution >= 0.6 is 23.2 Å². The molecule has 82 valence electrons. The van der Waals surface area contributed by atoms with Crippen LogP contribution in [-0.4, -0.2) is 20.9 Å². The molecule has 0 saturated carbocycles. The van der Waals surface area contributed by atoms with Gasteiger partial charge in [0.05, 0.1) is 27.5 Å². The van der Waals surface area contributed by atoms with E-state index in [1.807, 2.05) is 0 Å². The van der Waals surface area contributed by atoms with E-state index < -0.39 is 5.97 Å². The van der Waals surface area contributed by atoms with Crippen molar-refractivity contribution >= 4 is 29.2 Å². The number of benzene rings is 1. The summed E-state index contributed by atoms with van der Waals surface area (Å²) in [6.45, 7) is 0. The third-order valence-corrected chi connectivity index (χ3v) is 2.49. The average molecular weight is 257 g/mol. The Morgan fingerprint density at radius 1 is 1.38 bits per heavy atom. The van der Waals surface area contributed by atoms with Crippen molar-refractivity contribution < 1.29 is 9.90 Å². The summed E-state index contributed by atoms with van der Waals surface area (Å²) in [5.41, 5.74) is 0.713. The second-order valence-electron chi connectivity index (χ2n) is 3.07. The molecule has 0 unspecified atom stereocenters. The van der Waals surface area contributed by atoms with Crippen LogP contribution < -0.4 is 0 Å². The van der Waals surface area contributed by atoms with Crippen molar-refractivity contribution in [3.8, 4) is 5.69 Å². The Morgan fingerprint density at radius 2 is 2.12 bits per heavy atom. The summed E-state index contributed by atoms with van der Waals surface area (Å²) >= 11 is 11.7. The molecule has 0 atom stereocenters. The molecule has 2 rings (SSSR count). The highest BCUT2D eigenvalue weighted by atomic mass is 35.5. The maximum Gasteiger partial charge on any atom is 0.335 e. The summed E-state index contributed by atoms with van der Waals surface area (Å²) in [4.78, 5) is 10.7. The molecule has 0 fully saturated rings. The largest absolute Gasteiger partial charge is 0.478 e. The van der Waals surface area contributed by atoms with E-state index in [9.17, 15) is 4.79 Å². The second kappa shape index (κ2) is 4.15. The first-order chi connectivity index (χ1) is 7.58. The summed E-state index contributed by atoms with van der Waals surface area (Å²) in [5, 5.41) is 13.5. The molecule has 0 bridgehead atoms. The first-order valence-corrected chi connectivity index (χ1v) is 5.07. The fourth-order valence-corrected chi connectivity index (χ4v) is 1.66. The van der Waals surface area contributed by atoms with Crippen LogP contribution in [0.15, 0.2) is 30.6 Å². The summed E-state index contributed by atoms with van der Waals surface area (Å²) in [6.07, 6.45) is 3.06. The molecule has 0 saturated heterocycles. The van der Waals surface area contributed by atoms with E-state index in [1.165, 1.54) is 23.0 Å². The van der Waals surface area contributed by atoms with Crippen molar-refractivity contribution in [1.29, 1.82) is 0 Å². The number of carboxylic acids is 1. The molecule has 1 heterocycles. The Bertz CT molecular complexity index is 552. The zero-order valence-corrected chi connectivity index (χ0v) is 9.40. The van der Waals surface area contributed by atoms with Crippen molar-refractivity contribution in [2.75, 3.05) is 0 Å². The monoisotopic (exact) mass is 256 g/mol. The Kier molecular flexibility index (Phi) is 2.85. The first kappa shape index (κ1) is 11.0. The van der Waals surface area contributed by atoms with Gasteiger partial charge in [-0.15, -0.1) is 0 Å². The van der Waals surface area contributed by atoms with Gasteiger partial charge in [-0.05, 0) is 18.2 Å². The van der Waals surface area contributed by atoms with Gasteiger partial charge in [0.15, 0.2) is 0 Å². The third-order valence-electron chi connectivity index (χ3n) is 1.99. The number of carboxylic acid groups (broad SMARTS) is 1. The fraction of sp³-hybridized carbons (Fsp3) is 0. The Labute approximate surface area is 101 Å². The van der Waals surface area contributed by atoms with E-state index >= 15 is 0 Å². The van der Waals surface area contributed by atoms with Gasteiger partial charge in [-0.3, -0.25) is 0 Å². The third kappa shape index (κ3) is 2.03. The molecule has 4 nitrogen and oxygen atoms in total. The Hall–Kier alpha value is -1.52. The van der Waals surface area contributed by atoms with Gasteiger partial charge >= 0.3 is 5.97 Å². The normalized spacial score (nSPS) is 10.4. The molecule has 0 aliphatic rings. The van der Waals surface area contributed by atoms with Gasteiger partial charge in [-0.2, -0.15) is 5.10 Å². The van der Waals surface area contributed by atoms with Crippen LogP contribution in [-0.2, 0) is 0 Å². The zero-order chi connectivity index (χ0) is 11.7. The van der Waals surface area contributed by atoms with E-state index in [0.717, 1.165) is 0 Å². The summed E-state index contributed by atoms with van der Waals surface area (Å²) < 4.78 is 1.48. The number of halogens is 2. The number of hydrogen-bond acceptors (Lipinski definition) is 2. The molecule has 16 heavy (non-hydrogen) atoms. The average Bonchev–Trinajstić information content (AvgIpc) is 2.64. The van der Waals surface area contributed by atoms with E-state index in [4.69, 9.17) is 28.3 Å². The number of nitrogens with zero attached hydrogens (tertiary/aromatic N) is 2. The molecule has 0 aliphatic carbocycles. The quantitative estimate of drug-likeness (QED) is 0.899. The van der Waals surface area contributed by atoms with Gasteiger partial charge in [-0.1, -0.05) is 23.2 Å². The lowest BCUT2D eigenvalue weighted by molar-refractivity contribution is 0.0697. The molecule has 6 heteroatoms. The van der Waals surface area contributed by atoms with Crippen LogP contribution in [0.3, 0.4) is 0 Å². The highest BCUT2D eigenvalue weighted by Crippen LogP contribution is 2.22. The lowest BCUT2D eigenvalue weighted by Crippen LogP contribution is -1.99. The molecule has 0 spiro atoms. The topological polar surface area (TPSA) is 55.1 Å². The summed E-state index contributed by atoms with van der Waals surface area (Å²) in [7, 11) is 0. The summed E-state index contributed by atoms with van der Waals surface area (Å²) in [6, 6.07) is 4.41. The molecule has 0 amide bonds. The van der Waals surface area contributed by atoms with Gasteiger partial charge < -0.3 is 5.11 Å². The van der Waals surface area contributed by atoms with E-state index in [0.29, 0.717) is 15.7 Å². The molecule has 1 N–H and O–H groups in total. The summed E-state index contributed by atoms with van der Waals surface area (Å²) in [5.74, 6) is -1.02. The SMILES string of the molecule is O=C(O)c1ccc(-n2cc(Cl)cn2)c(Cl)c1. The minimum absolute atomic E-state index is 0.131. The molecular formula is C10H6Cl2N2O2. The van der Waals surface area contributed by atoms with Crippen LogP contribution in [0, 0.1) is 0 Å². The fourth-order valence-electron chi connectivity index (χ4n) is 1.26. The van der Waals surface area contributed by atoms with Crippen LogP contribution in [0.4, 0.5) is 0 Å². The van der Waals surface area contributed by atoms with Crippen molar-refractivity contribution in [3.05, 3.63) is 46.2 Å². The van der Waals surface area contributed by atoms with Crippen LogP contribution in [0.1, 0.15) is 10.4 Å². The number of aromatic carboxylic acids is 1. The van der Waals surface area contributed by atoms with E-state index in [1.54, 1.807) is 12.3 Å². The predicted octanol–water partition coefficient (Wildman–Crippen LogP) is 2.88. The minimum Gasteiger partial charge on any atom is -0.478 e. The molecule has 0 radical (unpaired) electrons. The van der Waals surface area contributed by atoms with Gasteiger partial charge in [0.2, 0.25) is 0 Å². The van der Waals surface area contributed by atoms with Crippen LogP contribution in [0.2, 0.25) is 10.0 Å². The van der Waals surface area contributed by atoms with Crippen molar-refractivity contribution in [2.45, 2.75) is 0 Å². The van der Waals surface area contributed by atoms with E-state index in [-0.39, 0.29) is 5.56 Å². The zero-order valence-electron chi connectivity index (χ0n) is 7.89. The van der Waals surface area contributed by atoms with Gasteiger partial charge in [0.25, 0.3) is 0 Å². The lowest BCUT2D eigenvalue weighted by Gasteiger charge is -2.04. The molecule has 1 aromatic heterocycles. The smallest absolute Gasteiger partial charge is 0.335 e. The Balaban J connectivity index is 2.47. The number of aromatic nitrogens is 2. The van der Waals surface area contributed by atoms with Crippen LogP contribution in [0.5, 0.6) is 0 Å². The van der Waals surface area contributed by atoms with Gasteiger partial charge in [0.1, 0.15) is 0 Å². The second-order valence-corrected chi connectivity index (χ2v) is 3.92. The maximum atomic E-state index is 10.7. The molecule has 1 aromatic carbocycles. The van der Waals surface area contributed by atoms with Crippen molar-refractivity contribution in [2.24, 2.45) is 0 Å². The number of rotatable bonds is 2. The maximum absolute atomic E-state index is 10.7. The van der Waals surface area contributed by atoms with E-state index in [2.05, 4.69) is 5.10 Å². The highest BCUT2D eigenvalue weighted by Gasteiger charge is 2.09. The molecular weight excluding hydrogens is 251 g/mol. The predicted molar refractivity (Wildman–Crippen MR) is 60.5 cm³/mol. The number of carbonyl (C=O) groups is 1. The molecule has 0 aliphatic heterocycles. The Morgan fingerprint density at radius 3 is 2.62 bits per heavy atom. The van der Waals surface area contributed by atoms with Crippen molar-refractivity contribution in [3.63, 3.8) is 0 Å². The standard InChI is InChI=1S/C10H6Cl2N2O2/c11-7-4-13-14(5-7)9-2-1-6(10(15)16)3-8(9)12/h1-5H,(H,15,16). The highest BCUT2D eigenvalue weighted by molar-refractivity contribution is 6.33. The minimum atomic E-state index is -1.02.